The molecule has 0 saturated carbocycles. The molecule has 134 valence electrons. The number of carbonyl (C=O) groups excluding carboxylic acids is 3. The van der Waals surface area contributed by atoms with Gasteiger partial charge in [0.25, 0.3) is 0 Å². The Labute approximate surface area is 154 Å². The topological polar surface area (TPSA) is 63.7 Å². The van der Waals surface area contributed by atoms with Crippen molar-refractivity contribution in [2.45, 2.75) is 6.42 Å². The molecule has 1 amide bonds. The molecule has 2 aromatic carbocycles. The van der Waals surface area contributed by atoms with Crippen molar-refractivity contribution in [1.82, 2.24) is 0 Å². The van der Waals surface area contributed by atoms with Gasteiger partial charge in [0, 0.05) is 18.5 Å². The lowest BCUT2D eigenvalue weighted by atomic mass is 10.1. The third-order valence-corrected chi connectivity index (χ3v) is 4.43. The zero-order chi connectivity index (χ0) is 18.7. The first-order chi connectivity index (χ1) is 12.5. The zero-order valence-corrected chi connectivity index (χ0v) is 14.4. The average Bonchev–Trinajstić information content (AvgIpc) is 3.02. The summed E-state index contributed by atoms with van der Waals surface area (Å²) in [6.45, 7) is -0.312. The Morgan fingerprint density at radius 1 is 1.15 bits per heavy atom. The van der Waals surface area contributed by atoms with Gasteiger partial charge >= 0.3 is 5.97 Å². The van der Waals surface area contributed by atoms with E-state index in [0.717, 1.165) is 12.1 Å². The van der Waals surface area contributed by atoms with Crippen molar-refractivity contribution >= 4 is 34.9 Å². The summed E-state index contributed by atoms with van der Waals surface area (Å²) in [6.07, 6.45) is -0.00516. The van der Waals surface area contributed by atoms with Gasteiger partial charge in [0.15, 0.2) is 12.4 Å². The largest absolute Gasteiger partial charge is 0.457 e. The fourth-order valence-corrected chi connectivity index (χ4v) is 2.98. The molecule has 0 unspecified atom stereocenters. The summed E-state index contributed by atoms with van der Waals surface area (Å²) in [7, 11) is 0. The Bertz CT molecular complexity index is 853. The Morgan fingerprint density at radius 3 is 2.54 bits per heavy atom. The van der Waals surface area contributed by atoms with E-state index >= 15 is 0 Å². The SMILES string of the molecule is O=C(COC(=O)[C@H]1CC(=O)N(c2ccccc2Cl)C1)c1ccc(F)cc1. The van der Waals surface area contributed by atoms with Crippen molar-refractivity contribution in [2.75, 3.05) is 18.1 Å². The van der Waals surface area contributed by atoms with Crippen LogP contribution >= 0.6 is 11.6 Å². The fourth-order valence-electron chi connectivity index (χ4n) is 2.74. The third kappa shape index (κ3) is 3.91. The number of para-hydroxylation sites is 1. The van der Waals surface area contributed by atoms with E-state index in [1.807, 2.05) is 0 Å². The van der Waals surface area contributed by atoms with E-state index in [-0.39, 0.29) is 24.4 Å². The molecule has 1 aliphatic heterocycles. The molecular weight excluding hydrogens is 361 g/mol. The van der Waals surface area contributed by atoms with Crippen molar-refractivity contribution in [3.05, 3.63) is 64.9 Å². The number of Topliss-reactive ketones (excluding diaryl/α,β-unsaturated/α-hetero) is 1. The van der Waals surface area contributed by atoms with Gasteiger partial charge in [-0.3, -0.25) is 14.4 Å². The molecular formula is C19H15ClFNO4. The van der Waals surface area contributed by atoms with Crippen molar-refractivity contribution in [3.63, 3.8) is 0 Å². The second-order valence-electron chi connectivity index (χ2n) is 5.89. The summed E-state index contributed by atoms with van der Waals surface area (Å²) in [4.78, 5) is 37.8. The number of amides is 1. The van der Waals surface area contributed by atoms with Crippen molar-refractivity contribution < 1.29 is 23.5 Å². The Kier molecular flexibility index (Phi) is 5.32. The maximum atomic E-state index is 12.9. The summed E-state index contributed by atoms with van der Waals surface area (Å²) in [5.41, 5.74) is 0.788. The highest BCUT2D eigenvalue weighted by Gasteiger charge is 2.37. The molecule has 1 atom stereocenters. The summed E-state index contributed by atoms with van der Waals surface area (Å²) in [6, 6.07) is 11.8. The standard InChI is InChI=1S/C19H15ClFNO4/c20-15-3-1-2-4-16(15)22-10-13(9-18(22)24)19(25)26-11-17(23)12-5-7-14(21)8-6-12/h1-8,13H,9-11H2/t13-/m0/s1. The average molecular weight is 376 g/mol. The van der Waals surface area contributed by atoms with Crippen LogP contribution in [-0.2, 0) is 14.3 Å². The van der Waals surface area contributed by atoms with E-state index in [1.165, 1.54) is 17.0 Å². The molecule has 1 saturated heterocycles. The van der Waals surface area contributed by atoms with Gasteiger partial charge in [0.2, 0.25) is 5.91 Å². The van der Waals surface area contributed by atoms with Crippen LogP contribution in [0.1, 0.15) is 16.8 Å². The number of ketones is 1. The molecule has 5 nitrogen and oxygen atoms in total. The van der Waals surface area contributed by atoms with E-state index < -0.39 is 30.1 Å². The molecule has 0 aromatic heterocycles. The number of ether oxygens (including phenoxy) is 1. The molecule has 7 heteroatoms. The lowest BCUT2D eigenvalue weighted by molar-refractivity contribution is -0.147. The Hall–Kier alpha value is -2.73. The number of nitrogens with zero attached hydrogens (tertiary/aromatic N) is 1. The summed E-state index contributed by atoms with van der Waals surface area (Å²) >= 11 is 6.10. The second-order valence-corrected chi connectivity index (χ2v) is 6.30. The van der Waals surface area contributed by atoms with Crippen LogP contribution in [0.25, 0.3) is 0 Å². The molecule has 1 heterocycles. The van der Waals surface area contributed by atoms with Gasteiger partial charge < -0.3 is 9.64 Å². The number of benzene rings is 2. The molecule has 0 bridgehead atoms. The van der Waals surface area contributed by atoms with Gasteiger partial charge in [-0.15, -0.1) is 0 Å². The lowest BCUT2D eigenvalue weighted by Crippen LogP contribution is -2.27. The molecule has 0 radical (unpaired) electrons. The van der Waals surface area contributed by atoms with Gasteiger partial charge in [0.05, 0.1) is 16.6 Å². The minimum Gasteiger partial charge on any atom is -0.457 e. The third-order valence-electron chi connectivity index (χ3n) is 4.11. The first-order valence-corrected chi connectivity index (χ1v) is 8.34. The quantitative estimate of drug-likeness (QED) is 0.594. The molecule has 1 fully saturated rings. The molecule has 26 heavy (non-hydrogen) atoms. The van der Waals surface area contributed by atoms with Gasteiger partial charge in [-0.1, -0.05) is 23.7 Å². The molecule has 0 aliphatic carbocycles. The predicted octanol–water partition coefficient (Wildman–Crippen LogP) is 3.26. The summed E-state index contributed by atoms with van der Waals surface area (Å²) in [5.74, 6) is -2.42. The van der Waals surface area contributed by atoms with E-state index in [4.69, 9.17) is 16.3 Å². The molecule has 2 aromatic rings. The maximum absolute atomic E-state index is 12.9. The van der Waals surface area contributed by atoms with Crippen molar-refractivity contribution in [1.29, 1.82) is 0 Å². The Morgan fingerprint density at radius 2 is 1.85 bits per heavy atom. The Balaban J connectivity index is 1.59. The molecule has 3 rings (SSSR count). The minimum atomic E-state index is -0.667. The van der Waals surface area contributed by atoms with Crippen LogP contribution < -0.4 is 4.90 Å². The second kappa shape index (κ2) is 7.66. The first kappa shape index (κ1) is 18.1. The lowest BCUT2D eigenvalue weighted by Gasteiger charge is -2.17. The number of halogens is 2. The number of hydrogen-bond acceptors (Lipinski definition) is 4. The van der Waals surface area contributed by atoms with Crippen LogP contribution in [0.3, 0.4) is 0 Å². The number of carbonyl (C=O) groups is 3. The normalized spacial score (nSPS) is 16.6. The zero-order valence-electron chi connectivity index (χ0n) is 13.7. The first-order valence-electron chi connectivity index (χ1n) is 7.96. The van der Waals surface area contributed by atoms with Crippen LogP contribution in [0.5, 0.6) is 0 Å². The van der Waals surface area contributed by atoms with Crippen molar-refractivity contribution in [2.24, 2.45) is 5.92 Å². The van der Waals surface area contributed by atoms with Gasteiger partial charge in [-0.05, 0) is 36.4 Å². The van der Waals surface area contributed by atoms with Gasteiger partial charge in [-0.2, -0.15) is 0 Å². The number of rotatable bonds is 5. The summed E-state index contributed by atoms with van der Waals surface area (Å²) < 4.78 is 17.9. The van der Waals surface area contributed by atoms with E-state index in [2.05, 4.69) is 0 Å². The van der Waals surface area contributed by atoms with Crippen molar-refractivity contribution in [3.8, 4) is 0 Å². The van der Waals surface area contributed by atoms with Gasteiger partial charge in [0.1, 0.15) is 5.82 Å². The highest BCUT2D eigenvalue weighted by molar-refractivity contribution is 6.33. The number of hydrogen-bond donors (Lipinski definition) is 0. The highest BCUT2D eigenvalue weighted by Crippen LogP contribution is 2.31. The van der Waals surface area contributed by atoms with Crippen LogP contribution in [0.15, 0.2) is 48.5 Å². The fraction of sp³-hybridized carbons (Fsp3) is 0.211. The smallest absolute Gasteiger partial charge is 0.311 e. The number of esters is 1. The number of anilines is 1. The molecule has 1 aliphatic rings. The monoisotopic (exact) mass is 375 g/mol. The van der Waals surface area contributed by atoms with Crippen LogP contribution in [0.2, 0.25) is 5.02 Å². The summed E-state index contributed by atoms with van der Waals surface area (Å²) in [5, 5.41) is 0.418. The van der Waals surface area contributed by atoms with Crippen LogP contribution in [0.4, 0.5) is 10.1 Å². The van der Waals surface area contributed by atoms with E-state index in [0.29, 0.717) is 10.7 Å². The van der Waals surface area contributed by atoms with E-state index in [9.17, 15) is 18.8 Å². The van der Waals surface area contributed by atoms with Gasteiger partial charge in [-0.25, -0.2) is 4.39 Å². The maximum Gasteiger partial charge on any atom is 0.311 e. The minimum absolute atomic E-state index is 0.00516. The van der Waals surface area contributed by atoms with E-state index in [1.54, 1.807) is 24.3 Å². The van der Waals surface area contributed by atoms with Crippen LogP contribution in [0, 0.1) is 11.7 Å². The predicted molar refractivity (Wildman–Crippen MR) is 93.6 cm³/mol. The van der Waals surface area contributed by atoms with Crippen LogP contribution in [-0.4, -0.2) is 30.8 Å². The highest BCUT2D eigenvalue weighted by atomic mass is 35.5. The molecule has 0 spiro atoms. The molecule has 0 N–H and O–H groups in total.